The van der Waals surface area contributed by atoms with Crippen molar-refractivity contribution in [2.75, 3.05) is 38.1 Å². The molecule has 1 aromatic heterocycles. The maximum Gasteiger partial charge on any atom is 0.246 e. The van der Waals surface area contributed by atoms with E-state index in [0.29, 0.717) is 42.6 Å². The van der Waals surface area contributed by atoms with E-state index < -0.39 is 10.0 Å². The van der Waals surface area contributed by atoms with Gasteiger partial charge in [0.15, 0.2) is 0 Å². The molecule has 0 radical (unpaired) electrons. The van der Waals surface area contributed by atoms with E-state index in [2.05, 4.69) is 15.6 Å². The van der Waals surface area contributed by atoms with Gasteiger partial charge in [-0.25, -0.2) is 8.42 Å². The number of piperidine rings is 1. The summed E-state index contributed by atoms with van der Waals surface area (Å²) >= 11 is 12.1. The Morgan fingerprint density at radius 1 is 1.08 bits per heavy atom. The SMILES string of the molecule is CCOc1ccc(Cl)cc1S(=O)(=O)N1CCC(C(=O)NCCCNc2ccnc3cc(Cl)ccc23)CC1. The molecule has 1 saturated heterocycles. The van der Waals surface area contributed by atoms with Gasteiger partial charge >= 0.3 is 0 Å². The smallest absolute Gasteiger partial charge is 0.246 e. The first kappa shape index (κ1) is 27.4. The Balaban J connectivity index is 1.24. The summed E-state index contributed by atoms with van der Waals surface area (Å²) in [6, 6.07) is 12.1. The summed E-state index contributed by atoms with van der Waals surface area (Å²) in [5.41, 5.74) is 1.79. The van der Waals surface area contributed by atoms with Crippen molar-refractivity contribution in [1.29, 1.82) is 0 Å². The summed E-state index contributed by atoms with van der Waals surface area (Å²) in [6.07, 6.45) is 3.39. The van der Waals surface area contributed by atoms with Gasteiger partial charge in [0.05, 0.1) is 12.1 Å². The van der Waals surface area contributed by atoms with Crippen molar-refractivity contribution < 1.29 is 17.9 Å². The van der Waals surface area contributed by atoms with Crippen molar-refractivity contribution in [3.63, 3.8) is 0 Å². The monoisotopic (exact) mass is 564 g/mol. The van der Waals surface area contributed by atoms with Gasteiger partial charge in [-0.1, -0.05) is 23.2 Å². The number of nitrogens with zero attached hydrogens (tertiary/aromatic N) is 2. The zero-order valence-electron chi connectivity index (χ0n) is 20.5. The van der Waals surface area contributed by atoms with Crippen LogP contribution in [0.5, 0.6) is 5.75 Å². The lowest BCUT2D eigenvalue weighted by atomic mass is 9.97. The molecule has 1 amide bonds. The minimum atomic E-state index is -3.78. The largest absolute Gasteiger partial charge is 0.492 e. The molecule has 2 heterocycles. The molecule has 3 aromatic rings. The highest BCUT2D eigenvalue weighted by molar-refractivity contribution is 7.89. The van der Waals surface area contributed by atoms with Crippen molar-refractivity contribution in [1.82, 2.24) is 14.6 Å². The van der Waals surface area contributed by atoms with E-state index in [0.717, 1.165) is 23.0 Å². The number of nitrogens with one attached hydrogen (secondary N) is 2. The Bertz CT molecular complexity index is 1360. The van der Waals surface area contributed by atoms with E-state index in [1.807, 2.05) is 24.3 Å². The molecule has 0 unspecified atom stereocenters. The van der Waals surface area contributed by atoms with Gasteiger partial charge in [0.1, 0.15) is 10.6 Å². The highest BCUT2D eigenvalue weighted by Gasteiger charge is 2.33. The van der Waals surface area contributed by atoms with E-state index in [9.17, 15) is 13.2 Å². The molecule has 4 rings (SSSR count). The number of pyridine rings is 1. The van der Waals surface area contributed by atoms with Crippen molar-refractivity contribution in [3.05, 3.63) is 58.7 Å². The number of aromatic nitrogens is 1. The summed E-state index contributed by atoms with van der Waals surface area (Å²) in [5, 5.41) is 8.33. The quantitative estimate of drug-likeness (QED) is 0.337. The zero-order chi connectivity index (χ0) is 26.4. The molecule has 1 aliphatic heterocycles. The van der Waals surface area contributed by atoms with Gasteiger partial charge < -0.3 is 15.4 Å². The fourth-order valence-corrected chi connectivity index (χ4v) is 6.43. The number of amides is 1. The Morgan fingerprint density at radius 3 is 2.57 bits per heavy atom. The van der Waals surface area contributed by atoms with Gasteiger partial charge in [-0.05, 0) is 68.7 Å². The summed E-state index contributed by atoms with van der Waals surface area (Å²) < 4.78 is 33.4. The van der Waals surface area contributed by atoms with E-state index in [1.54, 1.807) is 25.3 Å². The number of sulfonamides is 1. The fraction of sp³-hybridized carbons (Fsp3) is 0.385. The van der Waals surface area contributed by atoms with Crippen molar-refractivity contribution in [2.45, 2.75) is 31.1 Å². The summed E-state index contributed by atoms with van der Waals surface area (Å²) in [4.78, 5) is 17.1. The van der Waals surface area contributed by atoms with E-state index in [4.69, 9.17) is 27.9 Å². The number of fused-ring (bicyclic) bond motifs is 1. The number of halogens is 2. The Hall–Kier alpha value is -2.59. The normalized spacial score (nSPS) is 15.0. The van der Waals surface area contributed by atoms with Crippen LogP contribution in [0.3, 0.4) is 0 Å². The van der Waals surface area contributed by atoms with Crippen LogP contribution in [0.2, 0.25) is 10.0 Å². The van der Waals surface area contributed by atoms with Crippen LogP contribution in [0.25, 0.3) is 10.9 Å². The minimum absolute atomic E-state index is 0.0428. The van der Waals surface area contributed by atoms with E-state index in [1.165, 1.54) is 10.4 Å². The second-order valence-corrected chi connectivity index (χ2v) is 11.6. The standard InChI is InChI=1S/C26H30Cl2N4O4S/c1-2-36-24-7-5-20(28)17-25(24)37(34,35)32-14-9-18(10-15-32)26(33)31-12-3-11-29-22-8-13-30-23-16-19(27)4-6-21(22)23/h4-8,13,16-18H,2-3,9-12,14-15H2,1H3,(H,29,30)(H,31,33). The molecule has 0 atom stereocenters. The summed E-state index contributed by atoms with van der Waals surface area (Å²) in [7, 11) is -3.78. The van der Waals surface area contributed by atoms with Gasteiger partial charge in [-0.3, -0.25) is 9.78 Å². The third-order valence-corrected chi connectivity index (χ3v) is 8.71. The maximum atomic E-state index is 13.2. The van der Waals surface area contributed by atoms with Gasteiger partial charge in [0.2, 0.25) is 15.9 Å². The fourth-order valence-electron chi connectivity index (χ4n) is 4.40. The average molecular weight is 566 g/mol. The highest BCUT2D eigenvalue weighted by atomic mass is 35.5. The van der Waals surface area contributed by atoms with Gasteiger partial charge in [0.25, 0.3) is 0 Å². The van der Waals surface area contributed by atoms with Crippen molar-refractivity contribution >= 4 is 55.7 Å². The molecule has 1 aliphatic rings. The van der Waals surface area contributed by atoms with E-state index in [-0.39, 0.29) is 35.6 Å². The van der Waals surface area contributed by atoms with Crippen LogP contribution in [-0.4, -0.2) is 56.4 Å². The summed E-state index contributed by atoms with van der Waals surface area (Å²) in [6.45, 7) is 3.87. The second kappa shape index (κ2) is 12.3. The predicted octanol–water partition coefficient (Wildman–Crippen LogP) is 4.96. The molecule has 0 spiro atoms. The number of hydrogen-bond donors (Lipinski definition) is 2. The molecule has 8 nitrogen and oxygen atoms in total. The van der Waals surface area contributed by atoms with Crippen LogP contribution in [0.15, 0.2) is 53.6 Å². The number of hydrogen-bond acceptors (Lipinski definition) is 6. The predicted molar refractivity (Wildman–Crippen MR) is 147 cm³/mol. The molecule has 11 heteroatoms. The Morgan fingerprint density at radius 2 is 1.81 bits per heavy atom. The van der Waals surface area contributed by atoms with Crippen LogP contribution >= 0.6 is 23.2 Å². The molecule has 0 bridgehead atoms. The molecule has 1 fully saturated rings. The highest BCUT2D eigenvalue weighted by Crippen LogP contribution is 2.32. The van der Waals surface area contributed by atoms with Gasteiger partial charge in [-0.15, -0.1) is 0 Å². The number of rotatable bonds is 10. The lowest BCUT2D eigenvalue weighted by molar-refractivity contribution is -0.126. The molecule has 2 N–H and O–H groups in total. The topological polar surface area (TPSA) is 101 Å². The van der Waals surface area contributed by atoms with Crippen LogP contribution < -0.4 is 15.4 Å². The molecule has 37 heavy (non-hydrogen) atoms. The minimum Gasteiger partial charge on any atom is -0.492 e. The third-order valence-electron chi connectivity index (χ3n) is 6.32. The first-order chi connectivity index (χ1) is 17.8. The maximum absolute atomic E-state index is 13.2. The van der Waals surface area contributed by atoms with Gasteiger partial charge in [-0.2, -0.15) is 4.31 Å². The molecule has 2 aromatic carbocycles. The Labute approximate surface area is 227 Å². The number of anilines is 1. The molecule has 0 saturated carbocycles. The molecular weight excluding hydrogens is 535 g/mol. The lowest BCUT2D eigenvalue weighted by Crippen LogP contribution is -2.43. The lowest BCUT2D eigenvalue weighted by Gasteiger charge is -2.31. The van der Waals surface area contributed by atoms with Crippen LogP contribution in [-0.2, 0) is 14.8 Å². The van der Waals surface area contributed by atoms with Gasteiger partial charge in [0, 0.05) is 59.4 Å². The second-order valence-electron chi connectivity index (χ2n) is 8.79. The zero-order valence-corrected chi connectivity index (χ0v) is 22.9. The third kappa shape index (κ3) is 6.65. The molecular formula is C26H30Cl2N4O4S. The number of benzene rings is 2. The van der Waals surface area contributed by atoms with Crippen LogP contribution in [0, 0.1) is 5.92 Å². The first-order valence-electron chi connectivity index (χ1n) is 12.3. The van der Waals surface area contributed by atoms with E-state index >= 15 is 0 Å². The van der Waals surface area contributed by atoms with Crippen LogP contribution in [0.4, 0.5) is 5.69 Å². The molecule has 0 aliphatic carbocycles. The van der Waals surface area contributed by atoms with Crippen molar-refractivity contribution in [2.24, 2.45) is 5.92 Å². The number of ether oxygens (including phenoxy) is 1. The van der Waals surface area contributed by atoms with Crippen LogP contribution in [0.1, 0.15) is 26.2 Å². The first-order valence-corrected chi connectivity index (χ1v) is 14.5. The Kier molecular flexibility index (Phi) is 9.13. The molecule has 198 valence electrons. The number of carbonyl (C=O) groups excluding carboxylic acids is 1. The summed E-state index contributed by atoms with van der Waals surface area (Å²) in [5.74, 6) is 0.0155. The average Bonchev–Trinajstić information content (AvgIpc) is 2.89. The van der Waals surface area contributed by atoms with Crippen molar-refractivity contribution in [3.8, 4) is 5.75 Å². The number of carbonyl (C=O) groups is 1.